The first kappa shape index (κ1) is 21.2. The number of carbonyl (C=O) groups excluding carboxylic acids is 1. The molecule has 162 valence electrons. The highest BCUT2D eigenvalue weighted by molar-refractivity contribution is 6.04. The van der Waals surface area contributed by atoms with Gasteiger partial charge in [0.2, 0.25) is 0 Å². The van der Waals surface area contributed by atoms with E-state index in [0.29, 0.717) is 17.6 Å². The summed E-state index contributed by atoms with van der Waals surface area (Å²) in [7, 11) is 1.64. The fourth-order valence-corrected chi connectivity index (χ4v) is 4.09. The van der Waals surface area contributed by atoms with Gasteiger partial charge in [0.15, 0.2) is 0 Å². The van der Waals surface area contributed by atoms with Gasteiger partial charge in [-0.15, -0.1) is 0 Å². The molecule has 1 unspecified atom stereocenters. The second-order valence-electron chi connectivity index (χ2n) is 7.96. The van der Waals surface area contributed by atoms with Crippen LogP contribution in [0, 0.1) is 19.7 Å². The van der Waals surface area contributed by atoms with Crippen LogP contribution in [-0.4, -0.2) is 47.5 Å². The molecule has 7 heteroatoms. The predicted molar refractivity (Wildman–Crippen MR) is 118 cm³/mol. The SMILES string of the molecule is COc1ccc(C(CNC(=O)c2cc(F)cc3nc(C)c(C)nc23)N2CCCC2)cc1. The average molecular weight is 423 g/mol. The second kappa shape index (κ2) is 8.98. The van der Waals surface area contributed by atoms with Crippen molar-refractivity contribution in [1.29, 1.82) is 0 Å². The molecule has 3 aromatic rings. The topological polar surface area (TPSA) is 67.3 Å². The standard InChI is InChI=1S/C24H27FN4O2/c1-15-16(2)28-23-20(12-18(25)13-21(23)27-15)24(30)26-14-22(29-10-4-5-11-29)17-6-8-19(31-3)9-7-17/h6-9,12-13,22H,4-5,10-11,14H2,1-3H3,(H,26,30). The average Bonchev–Trinajstić information content (AvgIpc) is 3.29. The number of rotatable bonds is 6. The van der Waals surface area contributed by atoms with Crippen LogP contribution in [0.5, 0.6) is 5.75 Å². The van der Waals surface area contributed by atoms with Gasteiger partial charge in [-0.3, -0.25) is 9.69 Å². The fraction of sp³-hybridized carbons (Fsp3) is 0.375. The number of ether oxygens (including phenoxy) is 1. The van der Waals surface area contributed by atoms with E-state index in [1.54, 1.807) is 7.11 Å². The lowest BCUT2D eigenvalue weighted by Gasteiger charge is -2.28. The van der Waals surface area contributed by atoms with Gasteiger partial charge in [0.05, 0.1) is 35.6 Å². The summed E-state index contributed by atoms with van der Waals surface area (Å²) in [6.07, 6.45) is 2.28. The summed E-state index contributed by atoms with van der Waals surface area (Å²) >= 11 is 0. The number of carbonyl (C=O) groups is 1. The molecule has 4 rings (SSSR count). The number of aromatic nitrogens is 2. The van der Waals surface area contributed by atoms with E-state index >= 15 is 0 Å². The Labute approximate surface area is 181 Å². The Hall–Kier alpha value is -3.06. The van der Waals surface area contributed by atoms with Gasteiger partial charge >= 0.3 is 0 Å². The second-order valence-corrected chi connectivity index (χ2v) is 7.96. The molecule has 0 radical (unpaired) electrons. The fourth-order valence-electron chi connectivity index (χ4n) is 4.09. The van der Waals surface area contributed by atoms with Gasteiger partial charge in [-0.05, 0) is 63.5 Å². The van der Waals surface area contributed by atoms with Gasteiger partial charge < -0.3 is 10.1 Å². The highest BCUT2D eigenvalue weighted by Crippen LogP contribution is 2.27. The monoisotopic (exact) mass is 422 g/mol. The molecule has 1 aliphatic heterocycles. The molecule has 2 heterocycles. The molecule has 1 aliphatic rings. The molecule has 0 spiro atoms. The molecular weight excluding hydrogens is 395 g/mol. The van der Waals surface area contributed by atoms with Crippen molar-refractivity contribution in [3.05, 3.63) is 64.7 Å². The van der Waals surface area contributed by atoms with E-state index in [0.717, 1.165) is 48.6 Å². The summed E-state index contributed by atoms with van der Waals surface area (Å²) in [4.78, 5) is 24.4. The van der Waals surface area contributed by atoms with Crippen LogP contribution in [0.4, 0.5) is 4.39 Å². The highest BCUT2D eigenvalue weighted by Gasteiger charge is 2.25. The molecule has 2 aromatic carbocycles. The van der Waals surface area contributed by atoms with E-state index in [1.807, 2.05) is 38.1 Å². The third-order valence-electron chi connectivity index (χ3n) is 5.93. The van der Waals surface area contributed by atoms with Crippen molar-refractivity contribution in [3.8, 4) is 5.75 Å². The van der Waals surface area contributed by atoms with E-state index < -0.39 is 5.82 Å². The largest absolute Gasteiger partial charge is 0.497 e. The Balaban J connectivity index is 1.60. The Kier molecular flexibility index (Phi) is 6.13. The molecule has 1 atom stereocenters. The predicted octanol–water partition coefficient (Wildman–Crippen LogP) is 3.96. The number of methoxy groups -OCH3 is 1. The van der Waals surface area contributed by atoms with Crippen molar-refractivity contribution >= 4 is 16.9 Å². The van der Waals surface area contributed by atoms with E-state index in [2.05, 4.69) is 20.2 Å². The first-order chi connectivity index (χ1) is 15.0. The number of likely N-dealkylation sites (tertiary alicyclic amines) is 1. The molecule has 1 fully saturated rings. The first-order valence-corrected chi connectivity index (χ1v) is 10.6. The molecule has 31 heavy (non-hydrogen) atoms. The van der Waals surface area contributed by atoms with Crippen LogP contribution in [0.2, 0.25) is 0 Å². The Morgan fingerprint density at radius 1 is 1.13 bits per heavy atom. The summed E-state index contributed by atoms with van der Waals surface area (Å²) in [5.74, 6) is -0.0513. The summed E-state index contributed by atoms with van der Waals surface area (Å²) in [6.45, 7) is 6.04. The van der Waals surface area contributed by atoms with Crippen LogP contribution in [0.25, 0.3) is 11.0 Å². The summed E-state index contributed by atoms with van der Waals surface area (Å²) in [6, 6.07) is 10.5. The van der Waals surface area contributed by atoms with Crippen LogP contribution < -0.4 is 10.1 Å². The minimum atomic E-state index is -0.499. The minimum absolute atomic E-state index is 0.0345. The maximum atomic E-state index is 14.2. The lowest BCUT2D eigenvalue weighted by Crippen LogP contribution is -2.37. The Bertz CT molecular complexity index is 1090. The number of amides is 1. The van der Waals surface area contributed by atoms with E-state index in [4.69, 9.17) is 4.74 Å². The van der Waals surface area contributed by atoms with E-state index in [-0.39, 0.29) is 17.5 Å². The quantitative estimate of drug-likeness (QED) is 0.651. The van der Waals surface area contributed by atoms with Crippen molar-refractivity contribution in [2.24, 2.45) is 0 Å². The maximum Gasteiger partial charge on any atom is 0.253 e. The van der Waals surface area contributed by atoms with Crippen molar-refractivity contribution in [1.82, 2.24) is 20.2 Å². The number of halogens is 1. The third kappa shape index (κ3) is 4.51. The van der Waals surface area contributed by atoms with Crippen LogP contribution in [-0.2, 0) is 0 Å². The van der Waals surface area contributed by atoms with Crippen molar-refractivity contribution in [2.75, 3.05) is 26.7 Å². The highest BCUT2D eigenvalue weighted by atomic mass is 19.1. The van der Waals surface area contributed by atoms with Crippen molar-refractivity contribution in [3.63, 3.8) is 0 Å². The van der Waals surface area contributed by atoms with Gasteiger partial charge in [-0.25, -0.2) is 14.4 Å². The number of hydrogen-bond donors (Lipinski definition) is 1. The van der Waals surface area contributed by atoms with E-state index in [9.17, 15) is 9.18 Å². The molecule has 1 aromatic heterocycles. The molecule has 0 bridgehead atoms. The lowest BCUT2D eigenvalue weighted by atomic mass is 10.0. The van der Waals surface area contributed by atoms with Crippen molar-refractivity contribution < 1.29 is 13.9 Å². The molecule has 1 saturated heterocycles. The molecule has 0 saturated carbocycles. The van der Waals surface area contributed by atoms with Gasteiger partial charge in [-0.2, -0.15) is 0 Å². The van der Waals surface area contributed by atoms with Crippen LogP contribution in [0.1, 0.15) is 46.2 Å². The summed E-state index contributed by atoms with van der Waals surface area (Å²) in [5.41, 5.74) is 3.57. The maximum absolute atomic E-state index is 14.2. The molecule has 1 amide bonds. The summed E-state index contributed by atoms with van der Waals surface area (Å²) < 4.78 is 19.5. The van der Waals surface area contributed by atoms with E-state index in [1.165, 1.54) is 12.1 Å². The molecule has 1 N–H and O–H groups in total. The van der Waals surface area contributed by atoms with Gasteiger partial charge in [0.25, 0.3) is 5.91 Å². The summed E-state index contributed by atoms with van der Waals surface area (Å²) in [5, 5.41) is 3.01. The third-order valence-corrected chi connectivity index (χ3v) is 5.93. The molecular formula is C24H27FN4O2. The number of hydrogen-bond acceptors (Lipinski definition) is 5. The number of fused-ring (bicyclic) bond motifs is 1. The Morgan fingerprint density at radius 3 is 2.48 bits per heavy atom. The molecule has 6 nitrogen and oxygen atoms in total. The number of nitrogens with one attached hydrogen (secondary N) is 1. The minimum Gasteiger partial charge on any atom is -0.497 e. The Morgan fingerprint density at radius 2 is 1.81 bits per heavy atom. The van der Waals surface area contributed by atoms with Crippen LogP contribution in [0.15, 0.2) is 36.4 Å². The first-order valence-electron chi connectivity index (χ1n) is 10.6. The van der Waals surface area contributed by atoms with Gasteiger partial charge in [-0.1, -0.05) is 12.1 Å². The van der Waals surface area contributed by atoms with Gasteiger partial charge in [0.1, 0.15) is 17.1 Å². The zero-order valence-corrected chi connectivity index (χ0v) is 18.1. The smallest absolute Gasteiger partial charge is 0.253 e. The zero-order chi connectivity index (χ0) is 22.0. The van der Waals surface area contributed by atoms with Crippen LogP contribution >= 0.6 is 0 Å². The number of nitrogens with zero attached hydrogens (tertiary/aromatic N) is 3. The van der Waals surface area contributed by atoms with Crippen LogP contribution in [0.3, 0.4) is 0 Å². The normalized spacial score (nSPS) is 15.2. The van der Waals surface area contributed by atoms with Gasteiger partial charge in [0, 0.05) is 12.6 Å². The lowest BCUT2D eigenvalue weighted by molar-refractivity contribution is 0.0939. The number of benzene rings is 2. The molecule has 0 aliphatic carbocycles. The zero-order valence-electron chi connectivity index (χ0n) is 18.1. The number of aryl methyl sites for hydroxylation is 2. The van der Waals surface area contributed by atoms with Crippen molar-refractivity contribution in [2.45, 2.75) is 32.7 Å².